The highest BCUT2D eigenvalue weighted by molar-refractivity contribution is 4.88. The maximum Gasteiger partial charge on any atom is 0.138 e. The van der Waals surface area contributed by atoms with Crippen LogP contribution >= 0.6 is 0 Å². The highest BCUT2D eigenvalue weighted by atomic mass is 15.3. The summed E-state index contributed by atoms with van der Waals surface area (Å²) in [5.41, 5.74) is 0. The summed E-state index contributed by atoms with van der Waals surface area (Å²) in [7, 11) is 2.02. The number of hydrogen-bond donors (Lipinski definition) is 1. The first-order chi connectivity index (χ1) is 8.17. The van der Waals surface area contributed by atoms with Crippen LogP contribution in [0.15, 0.2) is 6.33 Å². The molecular formula is C13H26N4. The molecule has 0 aliphatic carbocycles. The molecule has 0 bridgehead atoms. The molecule has 1 aromatic rings. The van der Waals surface area contributed by atoms with Crippen LogP contribution in [0.25, 0.3) is 0 Å². The van der Waals surface area contributed by atoms with Gasteiger partial charge in [0, 0.05) is 13.0 Å². The van der Waals surface area contributed by atoms with Gasteiger partial charge < -0.3 is 5.32 Å². The van der Waals surface area contributed by atoms with E-state index in [1.807, 2.05) is 7.05 Å². The van der Waals surface area contributed by atoms with Gasteiger partial charge in [0.25, 0.3) is 0 Å². The molecule has 4 heteroatoms. The maximum absolute atomic E-state index is 4.40. The van der Waals surface area contributed by atoms with Crippen molar-refractivity contribution in [1.82, 2.24) is 20.1 Å². The van der Waals surface area contributed by atoms with Gasteiger partial charge in [-0.3, -0.25) is 0 Å². The van der Waals surface area contributed by atoms with E-state index in [0.717, 1.165) is 25.3 Å². The van der Waals surface area contributed by atoms with Crippen molar-refractivity contribution in [2.75, 3.05) is 13.6 Å². The van der Waals surface area contributed by atoms with Gasteiger partial charge in [0.2, 0.25) is 0 Å². The molecule has 0 spiro atoms. The fourth-order valence-corrected chi connectivity index (χ4v) is 2.18. The monoisotopic (exact) mass is 238 g/mol. The second kappa shape index (κ2) is 7.43. The van der Waals surface area contributed by atoms with Crippen LogP contribution in [0.4, 0.5) is 0 Å². The topological polar surface area (TPSA) is 42.7 Å². The number of nitrogens with zero attached hydrogens (tertiary/aromatic N) is 3. The van der Waals surface area contributed by atoms with E-state index >= 15 is 0 Å². The molecule has 1 rings (SSSR count). The molecule has 0 aliphatic rings. The number of nitrogens with one attached hydrogen (secondary N) is 1. The molecule has 0 aromatic carbocycles. The minimum absolute atomic E-state index is 0.615. The van der Waals surface area contributed by atoms with E-state index in [0.29, 0.717) is 11.8 Å². The van der Waals surface area contributed by atoms with Gasteiger partial charge in [-0.2, -0.15) is 5.10 Å². The van der Waals surface area contributed by atoms with Gasteiger partial charge in [-0.05, 0) is 31.8 Å². The van der Waals surface area contributed by atoms with Crippen LogP contribution in [0, 0.1) is 11.8 Å². The Morgan fingerprint density at radius 3 is 2.76 bits per heavy atom. The molecule has 4 nitrogen and oxygen atoms in total. The van der Waals surface area contributed by atoms with Crippen molar-refractivity contribution < 1.29 is 0 Å². The minimum Gasteiger partial charge on any atom is -0.319 e. The molecular weight excluding hydrogens is 212 g/mol. The van der Waals surface area contributed by atoms with Crippen LogP contribution in [0.5, 0.6) is 0 Å². The second-order valence-corrected chi connectivity index (χ2v) is 5.17. The molecule has 0 radical (unpaired) electrons. The Morgan fingerprint density at radius 1 is 1.41 bits per heavy atom. The summed E-state index contributed by atoms with van der Waals surface area (Å²) in [6, 6.07) is 0. The van der Waals surface area contributed by atoms with Crippen LogP contribution in [-0.4, -0.2) is 28.4 Å². The number of rotatable bonds is 8. The molecule has 0 fully saturated rings. The zero-order chi connectivity index (χ0) is 12.7. The first-order valence-corrected chi connectivity index (χ1v) is 6.68. The van der Waals surface area contributed by atoms with E-state index in [-0.39, 0.29) is 0 Å². The SMILES string of the molecule is CCCC(CNC)Cc1ncnn1CC(C)C. The largest absolute Gasteiger partial charge is 0.319 e. The zero-order valence-electron chi connectivity index (χ0n) is 11.6. The summed E-state index contributed by atoms with van der Waals surface area (Å²) in [6.45, 7) is 8.68. The first kappa shape index (κ1) is 14.2. The van der Waals surface area contributed by atoms with E-state index in [2.05, 4.69) is 40.9 Å². The normalized spacial score (nSPS) is 13.2. The van der Waals surface area contributed by atoms with Gasteiger partial charge in [0.05, 0.1) is 0 Å². The average Bonchev–Trinajstić information content (AvgIpc) is 2.65. The van der Waals surface area contributed by atoms with Crippen molar-refractivity contribution >= 4 is 0 Å². The predicted octanol–water partition coefficient (Wildman–Crippen LogP) is 2.11. The number of hydrogen-bond acceptors (Lipinski definition) is 3. The van der Waals surface area contributed by atoms with Crippen molar-refractivity contribution in [2.45, 2.75) is 46.6 Å². The van der Waals surface area contributed by atoms with E-state index in [4.69, 9.17) is 0 Å². The predicted molar refractivity (Wildman–Crippen MR) is 70.9 cm³/mol. The average molecular weight is 238 g/mol. The van der Waals surface area contributed by atoms with Crippen molar-refractivity contribution in [3.63, 3.8) is 0 Å². The lowest BCUT2D eigenvalue weighted by atomic mass is 9.99. The summed E-state index contributed by atoms with van der Waals surface area (Å²) in [5.74, 6) is 2.41. The summed E-state index contributed by atoms with van der Waals surface area (Å²) >= 11 is 0. The third-order valence-corrected chi connectivity index (χ3v) is 2.89. The van der Waals surface area contributed by atoms with E-state index in [1.54, 1.807) is 6.33 Å². The molecule has 1 atom stereocenters. The lowest BCUT2D eigenvalue weighted by Crippen LogP contribution is -2.23. The lowest BCUT2D eigenvalue weighted by molar-refractivity contribution is 0.412. The molecule has 17 heavy (non-hydrogen) atoms. The fraction of sp³-hybridized carbons (Fsp3) is 0.846. The molecule has 0 aliphatic heterocycles. The Morgan fingerprint density at radius 2 is 2.18 bits per heavy atom. The van der Waals surface area contributed by atoms with E-state index in [1.165, 1.54) is 12.8 Å². The van der Waals surface area contributed by atoms with Crippen molar-refractivity contribution in [2.24, 2.45) is 11.8 Å². The summed E-state index contributed by atoms with van der Waals surface area (Å²) in [6.07, 6.45) is 5.18. The third kappa shape index (κ3) is 4.86. The molecule has 1 unspecified atom stereocenters. The molecule has 98 valence electrons. The maximum atomic E-state index is 4.40. The molecule has 1 aromatic heterocycles. The highest BCUT2D eigenvalue weighted by Crippen LogP contribution is 2.12. The molecule has 0 saturated heterocycles. The van der Waals surface area contributed by atoms with Crippen LogP contribution < -0.4 is 5.32 Å². The summed E-state index contributed by atoms with van der Waals surface area (Å²) in [5, 5.41) is 7.58. The highest BCUT2D eigenvalue weighted by Gasteiger charge is 2.13. The lowest BCUT2D eigenvalue weighted by Gasteiger charge is -2.16. The quantitative estimate of drug-likeness (QED) is 0.754. The Bertz CT molecular complexity index is 300. The fourth-order valence-electron chi connectivity index (χ4n) is 2.18. The van der Waals surface area contributed by atoms with Gasteiger partial charge in [0.1, 0.15) is 12.2 Å². The Kier molecular flexibility index (Phi) is 6.19. The molecule has 0 saturated carbocycles. The van der Waals surface area contributed by atoms with Crippen LogP contribution in [0.2, 0.25) is 0 Å². The van der Waals surface area contributed by atoms with Crippen molar-refractivity contribution in [3.8, 4) is 0 Å². The Hall–Kier alpha value is -0.900. The summed E-state index contributed by atoms with van der Waals surface area (Å²) < 4.78 is 2.06. The first-order valence-electron chi connectivity index (χ1n) is 6.68. The van der Waals surface area contributed by atoms with Gasteiger partial charge in [0.15, 0.2) is 0 Å². The third-order valence-electron chi connectivity index (χ3n) is 2.89. The molecule has 0 amide bonds. The smallest absolute Gasteiger partial charge is 0.138 e. The standard InChI is InChI=1S/C13H26N4/c1-5-6-12(8-14-4)7-13-15-10-16-17(13)9-11(2)3/h10-12,14H,5-9H2,1-4H3. The number of aromatic nitrogens is 3. The Balaban J connectivity index is 2.61. The van der Waals surface area contributed by atoms with Gasteiger partial charge in [-0.1, -0.05) is 27.2 Å². The molecule has 1 heterocycles. The van der Waals surface area contributed by atoms with Gasteiger partial charge >= 0.3 is 0 Å². The second-order valence-electron chi connectivity index (χ2n) is 5.17. The van der Waals surface area contributed by atoms with Crippen LogP contribution in [-0.2, 0) is 13.0 Å². The summed E-state index contributed by atoms with van der Waals surface area (Å²) in [4.78, 5) is 4.40. The van der Waals surface area contributed by atoms with Crippen LogP contribution in [0.1, 0.15) is 39.4 Å². The minimum atomic E-state index is 0.615. The van der Waals surface area contributed by atoms with Gasteiger partial charge in [-0.15, -0.1) is 0 Å². The Labute approximate surface area is 105 Å². The molecule has 1 N–H and O–H groups in total. The van der Waals surface area contributed by atoms with E-state index < -0.39 is 0 Å². The van der Waals surface area contributed by atoms with Crippen molar-refractivity contribution in [1.29, 1.82) is 0 Å². The van der Waals surface area contributed by atoms with Gasteiger partial charge in [-0.25, -0.2) is 9.67 Å². The van der Waals surface area contributed by atoms with Crippen molar-refractivity contribution in [3.05, 3.63) is 12.2 Å². The zero-order valence-corrected chi connectivity index (χ0v) is 11.6. The van der Waals surface area contributed by atoms with Crippen LogP contribution in [0.3, 0.4) is 0 Å². The van der Waals surface area contributed by atoms with E-state index in [9.17, 15) is 0 Å².